The lowest BCUT2D eigenvalue weighted by Gasteiger charge is -2.21. The molecular weight excluding hydrogens is 289 g/mol. The van der Waals surface area contributed by atoms with E-state index in [1.807, 2.05) is 0 Å². The van der Waals surface area contributed by atoms with Crippen molar-refractivity contribution in [3.63, 3.8) is 0 Å². The molecular formula is C16H18FNO4. The van der Waals surface area contributed by atoms with E-state index in [2.05, 4.69) is 5.32 Å². The third kappa shape index (κ3) is 2.70. The van der Waals surface area contributed by atoms with E-state index in [1.165, 1.54) is 18.2 Å². The molecule has 4 atom stereocenters. The summed E-state index contributed by atoms with van der Waals surface area (Å²) in [5.74, 6) is -2.16. The van der Waals surface area contributed by atoms with Gasteiger partial charge in [0.2, 0.25) is 5.91 Å². The quantitative estimate of drug-likeness (QED) is 0.891. The third-order valence-electron chi connectivity index (χ3n) is 4.49. The maximum absolute atomic E-state index is 13.3. The van der Waals surface area contributed by atoms with Crippen molar-refractivity contribution < 1.29 is 23.8 Å². The number of rotatable bonds is 4. The monoisotopic (exact) mass is 307 g/mol. The molecule has 2 aliphatic rings. The first-order valence-electron chi connectivity index (χ1n) is 7.40. The average Bonchev–Trinajstić information content (AvgIpc) is 3.10. The van der Waals surface area contributed by atoms with Crippen molar-refractivity contribution in [2.45, 2.75) is 44.4 Å². The number of aliphatic carboxylic acids is 1. The molecule has 1 aromatic rings. The second-order valence-electron chi connectivity index (χ2n) is 6.00. The van der Waals surface area contributed by atoms with Gasteiger partial charge in [-0.05, 0) is 43.4 Å². The lowest BCUT2D eigenvalue weighted by molar-refractivity contribution is -0.143. The first-order valence-corrected chi connectivity index (χ1v) is 7.40. The molecule has 0 spiro atoms. The van der Waals surface area contributed by atoms with Crippen molar-refractivity contribution in [3.8, 4) is 0 Å². The zero-order chi connectivity index (χ0) is 15.9. The van der Waals surface area contributed by atoms with Gasteiger partial charge in [-0.15, -0.1) is 0 Å². The van der Waals surface area contributed by atoms with E-state index >= 15 is 0 Å². The van der Waals surface area contributed by atoms with Crippen LogP contribution in [0.3, 0.4) is 0 Å². The van der Waals surface area contributed by atoms with Gasteiger partial charge in [-0.25, -0.2) is 9.18 Å². The van der Waals surface area contributed by atoms with E-state index in [0.717, 1.165) is 12.8 Å². The van der Waals surface area contributed by atoms with Gasteiger partial charge in [-0.2, -0.15) is 0 Å². The van der Waals surface area contributed by atoms with Crippen LogP contribution in [0.1, 0.15) is 36.4 Å². The summed E-state index contributed by atoms with van der Waals surface area (Å²) in [5, 5.41) is 11.9. The van der Waals surface area contributed by atoms with E-state index in [0.29, 0.717) is 17.5 Å². The van der Waals surface area contributed by atoms with Crippen LogP contribution >= 0.6 is 0 Å². The number of halogens is 1. The van der Waals surface area contributed by atoms with Gasteiger partial charge in [0.1, 0.15) is 5.82 Å². The Balaban J connectivity index is 1.75. The molecule has 2 N–H and O–H groups in total. The lowest BCUT2D eigenvalue weighted by atomic mass is 9.88. The number of ether oxygens (including phenoxy) is 1. The standard InChI is InChI=1S/C16H18FNO4/c1-8-6-9(2-4-12(8)17)14(16(20)21)18-15(19)11-7-10-3-5-13(11)22-10/h2,4,6,10-11,13-14H,3,5,7H2,1H3,(H,18,19)(H,20,21). The summed E-state index contributed by atoms with van der Waals surface area (Å²) in [7, 11) is 0. The summed E-state index contributed by atoms with van der Waals surface area (Å²) in [6.45, 7) is 1.56. The van der Waals surface area contributed by atoms with E-state index in [9.17, 15) is 19.1 Å². The van der Waals surface area contributed by atoms with Crippen molar-refractivity contribution in [3.05, 3.63) is 35.1 Å². The number of nitrogens with one attached hydrogen (secondary N) is 1. The molecule has 0 aliphatic carbocycles. The molecule has 5 nitrogen and oxygen atoms in total. The van der Waals surface area contributed by atoms with Crippen molar-refractivity contribution in [1.82, 2.24) is 5.32 Å². The van der Waals surface area contributed by atoms with Crippen LogP contribution in [-0.4, -0.2) is 29.2 Å². The second kappa shape index (κ2) is 5.68. The van der Waals surface area contributed by atoms with E-state index < -0.39 is 17.8 Å². The molecule has 6 heteroatoms. The number of carbonyl (C=O) groups is 2. The van der Waals surface area contributed by atoms with Gasteiger partial charge < -0.3 is 15.2 Å². The third-order valence-corrected chi connectivity index (χ3v) is 4.49. The molecule has 0 aromatic heterocycles. The molecule has 2 bridgehead atoms. The first kappa shape index (κ1) is 15.0. The number of amides is 1. The van der Waals surface area contributed by atoms with Crippen LogP contribution in [0, 0.1) is 18.7 Å². The SMILES string of the molecule is Cc1cc(C(NC(=O)C2CC3CCC2O3)C(=O)O)ccc1F. The van der Waals surface area contributed by atoms with E-state index in [1.54, 1.807) is 6.92 Å². The van der Waals surface area contributed by atoms with Crippen molar-refractivity contribution in [2.24, 2.45) is 5.92 Å². The summed E-state index contributed by atoms with van der Waals surface area (Å²) in [4.78, 5) is 23.8. The Kier molecular flexibility index (Phi) is 3.87. The average molecular weight is 307 g/mol. The first-order chi connectivity index (χ1) is 10.5. The van der Waals surface area contributed by atoms with Gasteiger partial charge in [-0.1, -0.05) is 12.1 Å². The van der Waals surface area contributed by atoms with Crippen molar-refractivity contribution in [1.29, 1.82) is 0 Å². The van der Waals surface area contributed by atoms with Gasteiger partial charge >= 0.3 is 5.97 Å². The number of hydrogen-bond acceptors (Lipinski definition) is 3. The second-order valence-corrected chi connectivity index (χ2v) is 6.00. The molecule has 0 saturated carbocycles. The smallest absolute Gasteiger partial charge is 0.330 e. The van der Waals surface area contributed by atoms with Crippen LogP contribution in [0.2, 0.25) is 0 Å². The Morgan fingerprint density at radius 3 is 2.73 bits per heavy atom. The predicted octanol–water partition coefficient (Wildman–Crippen LogP) is 1.94. The molecule has 1 amide bonds. The highest BCUT2D eigenvalue weighted by atomic mass is 19.1. The highest BCUT2D eigenvalue weighted by Gasteiger charge is 2.45. The zero-order valence-corrected chi connectivity index (χ0v) is 12.2. The van der Waals surface area contributed by atoms with Crippen LogP contribution in [0.15, 0.2) is 18.2 Å². The fourth-order valence-corrected chi connectivity index (χ4v) is 3.30. The zero-order valence-electron chi connectivity index (χ0n) is 12.2. The minimum Gasteiger partial charge on any atom is -0.479 e. The molecule has 2 fully saturated rings. The Bertz CT molecular complexity index is 618. The van der Waals surface area contributed by atoms with Crippen LogP contribution in [0.5, 0.6) is 0 Å². The minimum absolute atomic E-state index is 0.102. The lowest BCUT2D eigenvalue weighted by Crippen LogP contribution is -2.40. The number of carboxylic acid groups (broad SMARTS) is 1. The number of aryl methyl sites for hydroxylation is 1. The summed E-state index contributed by atoms with van der Waals surface area (Å²) in [6.07, 6.45) is 2.47. The van der Waals surface area contributed by atoms with Gasteiger partial charge in [0.25, 0.3) is 0 Å². The highest BCUT2D eigenvalue weighted by molar-refractivity contribution is 5.86. The number of carbonyl (C=O) groups excluding carboxylic acids is 1. The van der Waals surface area contributed by atoms with Crippen LogP contribution in [-0.2, 0) is 14.3 Å². The van der Waals surface area contributed by atoms with Gasteiger partial charge in [0.15, 0.2) is 6.04 Å². The Morgan fingerprint density at radius 1 is 1.41 bits per heavy atom. The van der Waals surface area contributed by atoms with Crippen LogP contribution in [0.25, 0.3) is 0 Å². The van der Waals surface area contributed by atoms with E-state index in [-0.39, 0.29) is 24.0 Å². The maximum atomic E-state index is 13.3. The molecule has 0 radical (unpaired) electrons. The summed E-state index contributed by atoms with van der Waals surface area (Å²) >= 11 is 0. The molecule has 4 unspecified atom stereocenters. The summed E-state index contributed by atoms with van der Waals surface area (Å²) < 4.78 is 19.0. The molecule has 1 aromatic carbocycles. The Labute approximate surface area is 127 Å². The number of carboxylic acids is 1. The van der Waals surface area contributed by atoms with Gasteiger partial charge in [0.05, 0.1) is 18.1 Å². The molecule has 2 heterocycles. The fraction of sp³-hybridized carbons (Fsp3) is 0.500. The van der Waals surface area contributed by atoms with Crippen LogP contribution in [0.4, 0.5) is 4.39 Å². The van der Waals surface area contributed by atoms with Crippen molar-refractivity contribution in [2.75, 3.05) is 0 Å². The topological polar surface area (TPSA) is 75.6 Å². The van der Waals surface area contributed by atoms with Gasteiger partial charge in [0, 0.05) is 0 Å². The fourth-order valence-electron chi connectivity index (χ4n) is 3.30. The normalized spacial score (nSPS) is 27.6. The molecule has 22 heavy (non-hydrogen) atoms. The van der Waals surface area contributed by atoms with E-state index in [4.69, 9.17) is 4.74 Å². The summed E-state index contributed by atoms with van der Waals surface area (Å²) in [5.41, 5.74) is 0.713. The highest BCUT2D eigenvalue weighted by Crippen LogP contribution is 2.39. The Morgan fingerprint density at radius 2 is 2.18 bits per heavy atom. The van der Waals surface area contributed by atoms with Gasteiger partial charge in [-0.3, -0.25) is 4.79 Å². The Hall–Kier alpha value is -1.95. The molecule has 118 valence electrons. The predicted molar refractivity (Wildman–Crippen MR) is 75.7 cm³/mol. The number of fused-ring (bicyclic) bond motifs is 2. The number of hydrogen-bond donors (Lipinski definition) is 2. The molecule has 2 aliphatic heterocycles. The minimum atomic E-state index is -1.18. The molecule has 3 rings (SSSR count). The van der Waals surface area contributed by atoms with Crippen LogP contribution < -0.4 is 5.32 Å². The molecule has 2 saturated heterocycles. The largest absolute Gasteiger partial charge is 0.479 e. The van der Waals surface area contributed by atoms with Crippen molar-refractivity contribution >= 4 is 11.9 Å². The summed E-state index contributed by atoms with van der Waals surface area (Å²) in [6, 6.07) is 2.88. The maximum Gasteiger partial charge on any atom is 0.330 e. The number of benzene rings is 1.